The van der Waals surface area contributed by atoms with E-state index in [4.69, 9.17) is 10.8 Å². The first kappa shape index (κ1) is 11.9. The van der Waals surface area contributed by atoms with E-state index in [1.165, 1.54) is 6.07 Å². The number of benzene rings is 1. The van der Waals surface area contributed by atoms with Crippen molar-refractivity contribution in [2.75, 3.05) is 0 Å². The minimum absolute atomic E-state index is 0.126. The Bertz CT molecular complexity index is 629. The van der Waals surface area contributed by atoms with Crippen LogP contribution in [0.15, 0.2) is 30.3 Å². The van der Waals surface area contributed by atoms with Crippen LogP contribution in [0.3, 0.4) is 0 Å². The van der Waals surface area contributed by atoms with E-state index in [2.05, 4.69) is 4.98 Å². The first-order valence-corrected chi connectivity index (χ1v) is 5.33. The molecule has 0 aliphatic heterocycles. The normalized spacial score (nSPS) is 10.3. The number of nitrogens with one attached hydrogen (secondary N) is 1. The average Bonchev–Trinajstić information content (AvgIpc) is 2.71. The Morgan fingerprint density at radius 3 is 2.50 bits per heavy atom. The van der Waals surface area contributed by atoms with Crippen LogP contribution in [0.4, 0.5) is 0 Å². The molecule has 5 nitrogen and oxygen atoms in total. The van der Waals surface area contributed by atoms with Gasteiger partial charge in [0.15, 0.2) is 0 Å². The molecular weight excluding hydrogens is 232 g/mol. The number of rotatable bonds is 3. The lowest BCUT2D eigenvalue weighted by Gasteiger charge is -2.06. The lowest BCUT2D eigenvalue weighted by atomic mass is 10.0. The maximum Gasteiger partial charge on any atom is 0.337 e. The van der Waals surface area contributed by atoms with Crippen molar-refractivity contribution in [3.63, 3.8) is 0 Å². The van der Waals surface area contributed by atoms with Gasteiger partial charge < -0.3 is 15.8 Å². The number of hydrogen-bond donors (Lipinski definition) is 3. The van der Waals surface area contributed by atoms with Crippen LogP contribution < -0.4 is 5.73 Å². The molecule has 1 aromatic heterocycles. The van der Waals surface area contributed by atoms with E-state index in [-0.39, 0.29) is 5.56 Å². The van der Waals surface area contributed by atoms with Crippen molar-refractivity contribution in [2.24, 2.45) is 5.73 Å². The van der Waals surface area contributed by atoms with Gasteiger partial charge in [-0.05, 0) is 19.1 Å². The van der Waals surface area contributed by atoms with Gasteiger partial charge in [-0.25, -0.2) is 4.79 Å². The van der Waals surface area contributed by atoms with Crippen LogP contribution in [0.2, 0.25) is 0 Å². The zero-order valence-corrected chi connectivity index (χ0v) is 9.73. The Morgan fingerprint density at radius 2 is 1.89 bits per heavy atom. The molecule has 0 unspecified atom stereocenters. The maximum atomic E-state index is 11.3. The highest BCUT2D eigenvalue weighted by atomic mass is 16.4. The van der Waals surface area contributed by atoms with Gasteiger partial charge in [0, 0.05) is 16.8 Å². The van der Waals surface area contributed by atoms with Gasteiger partial charge in [-0.2, -0.15) is 0 Å². The highest BCUT2D eigenvalue weighted by molar-refractivity contribution is 6.03. The third-order valence-corrected chi connectivity index (χ3v) is 2.64. The van der Waals surface area contributed by atoms with Crippen molar-refractivity contribution >= 4 is 11.9 Å². The highest BCUT2D eigenvalue weighted by Gasteiger charge is 2.18. The molecule has 0 aliphatic rings. The highest BCUT2D eigenvalue weighted by Crippen LogP contribution is 2.27. The number of amides is 1. The summed E-state index contributed by atoms with van der Waals surface area (Å²) in [5.74, 6) is -1.64. The number of aromatic nitrogens is 1. The molecule has 1 aromatic carbocycles. The molecule has 0 spiro atoms. The van der Waals surface area contributed by atoms with Crippen LogP contribution in [-0.2, 0) is 0 Å². The van der Waals surface area contributed by atoms with Gasteiger partial charge in [-0.15, -0.1) is 0 Å². The quantitative estimate of drug-likeness (QED) is 0.767. The number of H-pyrrole nitrogens is 1. The molecule has 5 heteroatoms. The van der Waals surface area contributed by atoms with Crippen LogP contribution >= 0.6 is 0 Å². The summed E-state index contributed by atoms with van der Waals surface area (Å²) in [6.45, 7) is 1.75. The second-order valence-electron chi connectivity index (χ2n) is 3.96. The predicted molar refractivity (Wildman–Crippen MR) is 66.4 cm³/mol. The average molecular weight is 244 g/mol. The number of primary amides is 1. The van der Waals surface area contributed by atoms with Gasteiger partial charge in [0.2, 0.25) is 5.91 Å². The Balaban J connectivity index is 2.69. The SMILES string of the molecule is Cc1cc(C(=O)O)c(-c2ccccc2C(N)=O)[nH]1. The van der Waals surface area contributed by atoms with E-state index in [1.54, 1.807) is 31.2 Å². The number of aryl methyl sites for hydroxylation is 1. The van der Waals surface area contributed by atoms with E-state index in [1.807, 2.05) is 0 Å². The van der Waals surface area contributed by atoms with Crippen LogP contribution in [0.1, 0.15) is 26.4 Å². The van der Waals surface area contributed by atoms with E-state index >= 15 is 0 Å². The first-order valence-electron chi connectivity index (χ1n) is 5.33. The Labute approximate surface area is 103 Å². The summed E-state index contributed by atoms with van der Waals surface area (Å²) in [5, 5.41) is 9.13. The monoisotopic (exact) mass is 244 g/mol. The number of carboxylic acids is 1. The Hall–Kier alpha value is -2.56. The fourth-order valence-corrected chi connectivity index (χ4v) is 1.89. The van der Waals surface area contributed by atoms with Crippen molar-refractivity contribution in [3.8, 4) is 11.3 Å². The van der Waals surface area contributed by atoms with E-state index < -0.39 is 11.9 Å². The fourth-order valence-electron chi connectivity index (χ4n) is 1.89. The summed E-state index contributed by atoms with van der Waals surface area (Å²) in [4.78, 5) is 25.4. The smallest absolute Gasteiger partial charge is 0.337 e. The lowest BCUT2D eigenvalue weighted by Crippen LogP contribution is -2.12. The summed E-state index contributed by atoms with van der Waals surface area (Å²) >= 11 is 0. The molecule has 1 heterocycles. The topological polar surface area (TPSA) is 96.2 Å². The van der Waals surface area contributed by atoms with Crippen LogP contribution in [0.25, 0.3) is 11.3 Å². The molecule has 18 heavy (non-hydrogen) atoms. The molecule has 4 N–H and O–H groups in total. The first-order chi connectivity index (χ1) is 8.50. The standard InChI is InChI=1S/C13H12N2O3/c1-7-6-10(13(17)18)11(15-7)8-4-2-3-5-9(8)12(14)16/h2-6,15H,1H3,(H2,14,16)(H,17,18). The molecule has 2 aromatic rings. The van der Waals surface area contributed by atoms with Crippen molar-refractivity contribution in [1.29, 1.82) is 0 Å². The number of carbonyl (C=O) groups excluding carboxylic acids is 1. The van der Waals surface area contributed by atoms with Crippen LogP contribution in [-0.4, -0.2) is 22.0 Å². The van der Waals surface area contributed by atoms with Crippen LogP contribution in [0.5, 0.6) is 0 Å². The summed E-state index contributed by atoms with van der Waals surface area (Å²) < 4.78 is 0. The van der Waals surface area contributed by atoms with Gasteiger partial charge in [0.05, 0.1) is 11.3 Å². The number of carbonyl (C=O) groups is 2. The number of aromatic amines is 1. The van der Waals surface area contributed by atoms with Gasteiger partial charge in [0.1, 0.15) is 0 Å². The largest absolute Gasteiger partial charge is 0.478 e. The minimum atomic E-state index is -1.05. The molecule has 0 aliphatic carbocycles. The summed E-state index contributed by atoms with van der Waals surface area (Å²) in [7, 11) is 0. The lowest BCUT2D eigenvalue weighted by molar-refractivity contribution is 0.0697. The Kier molecular flexibility index (Phi) is 2.89. The molecule has 92 valence electrons. The number of carboxylic acid groups (broad SMARTS) is 1. The van der Waals surface area contributed by atoms with E-state index in [9.17, 15) is 9.59 Å². The molecule has 0 saturated heterocycles. The molecule has 0 fully saturated rings. The van der Waals surface area contributed by atoms with E-state index in [0.717, 1.165) is 0 Å². The Morgan fingerprint density at radius 1 is 1.22 bits per heavy atom. The molecule has 0 bridgehead atoms. The summed E-state index contributed by atoms with van der Waals surface area (Å²) in [5.41, 5.74) is 7.31. The number of hydrogen-bond acceptors (Lipinski definition) is 2. The molecule has 0 saturated carbocycles. The van der Waals surface area contributed by atoms with Crippen molar-refractivity contribution in [2.45, 2.75) is 6.92 Å². The fraction of sp³-hybridized carbons (Fsp3) is 0.0769. The van der Waals surface area contributed by atoms with Gasteiger partial charge in [-0.3, -0.25) is 4.79 Å². The summed E-state index contributed by atoms with van der Waals surface area (Å²) in [6.07, 6.45) is 0. The van der Waals surface area contributed by atoms with Gasteiger partial charge in [0.25, 0.3) is 0 Å². The second-order valence-corrected chi connectivity index (χ2v) is 3.96. The maximum absolute atomic E-state index is 11.3. The summed E-state index contributed by atoms with van der Waals surface area (Å²) in [6, 6.07) is 8.16. The van der Waals surface area contributed by atoms with Gasteiger partial charge in [-0.1, -0.05) is 18.2 Å². The zero-order chi connectivity index (χ0) is 13.3. The van der Waals surface area contributed by atoms with E-state index in [0.29, 0.717) is 22.5 Å². The third-order valence-electron chi connectivity index (χ3n) is 2.64. The number of aromatic carboxylic acids is 1. The molecule has 2 rings (SSSR count). The van der Waals surface area contributed by atoms with Crippen molar-refractivity contribution in [1.82, 2.24) is 4.98 Å². The third kappa shape index (κ3) is 1.98. The minimum Gasteiger partial charge on any atom is -0.478 e. The predicted octanol–water partition coefficient (Wildman–Crippen LogP) is 1.79. The van der Waals surface area contributed by atoms with Gasteiger partial charge >= 0.3 is 5.97 Å². The molecule has 0 radical (unpaired) electrons. The number of nitrogens with two attached hydrogens (primary N) is 1. The molecule has 1 amide bonds. The molecule has 0 atom stereocenters. The van der Waals surface area contributed by atoms with Crippen LogP contribution in [0, 0.1) is 6.92 Å². The second kappa shape index (κ2) is 4.37. The molecular formula is C13H12N2O3. The van der Waals surface area contributed by atoms with Crippen molar-refractivity contribution < 1.29 is 14.7 Å². The zero-order valence-electron chi connectivity index (χ0n) is 9.73. The van der Waals surface area contributed by atoms with Crippen molar-refractivity contribution in [3.05, 3.63) is 47.2 Å².